The highest BCUT2D eigenvalue weighted by molar-refractivity contribution is 9.10. The minimum atomic E-state index is -4.70. The average Bonchev–Trinajstić information content (AvgIpc) is 2.23. The van der Waals surface area contributed by atoms with Crippen LogP contribution in [0, 0.1) is 6.92 Å². The van der Waals surface area contributed by atoms with Crippen LogP contribution in [0.2, 0.25) is 0 Å². The molecular weight excluding hydrogens is 306 g/mol. The van der Waals surface area contributed by atoms with Gasteiger partial charge >= 0.3 is 18.3 Å². The fourth-order valence-electron chi connectivity index (χ4n) is 1.03. The van der Waals surface area contributed by atoms with Gasteiger partial charge < -0.3 is 5.32 Å². The first-order valence-electron chi connectivity index (χ1n) is 4.48. The van der Waals surface area contributed by atoms with E-state index in [9.17, 15) is 22.4 Å². The zero-order valence-electron chi connectivity index (χ0n) is 8.61. The highest BCUT2D eigenvalue weighted by atomic mass is 79.9. The fraction of sp³-hybridized carbons (Fsp3) is 0.300. The Morgan fingerprint density at radius 2 is 2.00 bits per heavy atom. The molecule has 0 saturated carbocycles. The van der Waals surface area contributed by atoms with Crippen LogP contribution in [0.3, 0.4) is 0 Å². The number of rotatable bonds is 3. The van der Waals surface area contributed by atoms with E-state index in [1.807, 2.05) is 0 Å². The minimum Gasteiger partial charge on any atom is -0.320 e. The van der Waals surface area contributed by atoms with Crippen LogP contribution in [0.25, 0.3) is 0 Å². The van der Waals surface area contributed by atoms with Crippen molar-refractivity contribution in [1.82, 2.24) is 0 Å². The Kier molecular flexibility index (Phi) is 4.13. The van der Waals surface area contributed by atoms with Crippen molar-refractivity contribution in [1.29, 1.82) is 0 Å². The molecule has 1 N–H and O–H groups in total. The molecule has 94 valence electrons. The van der Waals surface area contributed by atoms with Gasteiger partial charge in [0.15, 0.2) is 0 Å². The maximum atomic E-state index is 12.7. The third kappa shape index (κ3) is 3.18. The van der Waals surface area contributed by atoms with Crippen LogP contribution in [0.5, 0.6) is 0 Å². The van der Waals surface area contributed by atoms with Gasteiger partial charge in [-0.05, 0) is 24.6 Å². The summed E-state index contributed by atoms with van der Waals surface area (Å²) in [6.07, 6.45) is -4.03. The van der Waals surface area contributed by atoms with Crippen LogP contribution in [0.4, 0.5) is 23.2 Å². The van der Waals surface area contributed by atoms with E-state index in [1.54, 1.807) is 24.4 Å². The second kappa shape index (κ2) is 5.03. The SMILES string of the molecule is Cc1ccc(Br)cc1NC(=O)C(F)(F)C(F)F. The molecule has 0 radical (unpaired) electrons. The van der Waals surface area contributed by atoms with Crippen molar-refractivity contribution < 1.29 is 22.4 Å². The molecular formula is C10H8BrF4NO. The maximum Gasteiger partial charge on any atom is 0.383 e. The van der Waals surface area contributed by atoms with Crippen molar-refractivity contribution in [2.75, 3.05) is 5.32 Å². The van der Waals surface area contributed by atoms with Crippen LogP contribution in [0.1, 0.15) is 5.56 Å². The molecule has 0 aromatic heterocycles. The summed E-state index contributed by atoms with van der Waals surface area (Å²) in [5.74, 6) is -6.72. The molecule has 1 aromatic rings. The lowest BCUT2D eigenvalue weighted by Crippen LogP contribution is -2.41. The predicted molar refractivity (Wildman–Crippen MR) is 58.5 cm³/mol. The van der Waals surface area contributed by atoms with Gasteiger partial charge in [-0.1, -0.05) is 22.0 Å². The molecule has 2 nitrogen and oxygen atoms in total. The topological polar surface area (TPSA) is 29.1 Å². The quantitative estimate of drug-likeness (QED) is 0.849. The zero-order chi connectivity index (χ0) is 13.2. The molecule has 1 rings (SSSR count). The standard InChI is InChI=1S/C10H8BrF4NO/c1-5-2-3-6(11)4-7(5)16-9(17)10(14,15)8(12)13/h2-4,8H,1H3,(H,16,17). The normalized spacial score (nSPS) is 11.7. The van der Waals surface area contributed by atoms with Gasteiger partial charge in [-0.25, -0.2) is 8.78 Å². The molecule has 1 aromatic carbocycles. The van der Waals surface area contributed by atoms with Crippen molar-refractivity contribution in [3.63, 3.8) is 0 Å². The molecule has 0 fully saturated rings. The third-order valence-electron chi connectivity index (χ3n) is 2.02. The maximum absolute atomic E-state index is 12.7. The number of carbonyl (C=O) groups excluding carboxylic acids is 1. The van der Waals surface area contributed by atoms with E-state index in [2.05, 4.69) is 15.9 Å². The Morgan fingerprint density at radius 3 is 2.53 bits per heavy atom. The van der Waals surface area contributed by atoms with Gasteiger partial charge in [-0.2, -0.15) is 8.78 Å². The molecule has 0 aliphatic heterocycles. The van der Waals surface area contributed by atoms with E-state index in [-0.39, 0.29) is 5.69 Å². The molecule has 0 aliphatic rings. The Balaban J connectivity index is 2.92. The average molecular weight is 314 g/mol. The molecule has 0 heterocycles. The third-order valence-corrected chi connectivity index (χ3v) is 2.52. The van der Waals surface area contributed by atoms with Crippen molar-refractivity contribution in [3.8, 4) is 0 Å². The Morgan fingerprint density at radius 1 is 1.41 bits per heavy atom. The lowest BCUT2D eigenvalue weighted by atomic mass is 10.2. The van der Waals surface area contributed by atoms with Gasteiger partial charge in [-0.15, -0.1) is 0 Å². The number of alkyl halides is 4. The molecule has 0 spiro atoms. The van der Waals surface area contributed by atoms with Crippen molar-refractivity contribution in [2.24, 2.45) is 0 Å². The second-order valence-corrected chi connectivity index (χ2v) is 4.25. The summed E-state index contributed by atoms with van der Waals surface area (Å²) in [4.78, 5) is 11.0. The molecule has 17 heavy (non-hydrogen) atoms. The number of anilines is 1. The number of benzene rings is 1. The number of halogens is 5. The molecule has 0 saturated heterocycles. The van der Waals surface area contributed by atoms with Crippen molar-refractivity contribution >= 4 is 27.5 Å². The summed E-state index contributed by atoms with van der Waals surface area (Å²) >= 11 is 3.08. The molecule has 1 amide bonds. The predicted octanol–water partition coefficient (Wildman–Crippen LogP) is 3.60. The van der Waals surface area contributed by atoms with Gasteiger partial charge in [0.2, 0.25) is 0 Å². The first-order chi connectivity index (χ1) is 7.75. The smallest absolute Gasteiger partial charge is 0.320 e. The van der Waals surface area contributed by atoms with Crippen molar-refractivity contribution in [3.05, 3.63) is 28.2 Å². The Hall–Kier alpha value is -1.11. The lowest BCUT2D eigenvalue weighted by molar-refractivity contribution is -0.163. The van der Waals surface area contributed by atoms with Crippen LogP contribution in [-0.4, -0.2) is 18.3 Å². The number of hydrogen-bond donors (Lipinski definition) is 1. The molecule has 0 atom stereocenters. The van der Waals surface area contributed by atoms with E-state index in [1.165, 1.54) is 6.07 Å². The van der Waals surface area contributed by atoms with Crippen LogP contribution >= 0.6 is 15.9 Å². The lowest BCUT2D eigenvalue weighted by Gasteiger charge is -2.16. The summed E-state index contributed by atoms with van der Waals surface area (Å²) in [5, 5.41) is 1.77. The summed E-state index contributed by atoms with van der Waals surface area (Å²) in [7, 11) is 0. The monoisotopic (exact) mass is 313 g/mol. The summed E-state index contributed by atoms with van der Waals surface area (Å²) in [6, 6.07) is 4.55. The highest BCUT2D eigenvalue weighted by Crippen LogP contribution is 2.27. The second-order valence-electron chi connectivity index (χ2n) is 3.34. The Bertz CT molecular complexity index is 436. The van der Waals surface area contributed by atoms with Gasteiger partial charge in [0, 0.05) is 10.2 Å². The highest BCUT2D eigenvalue weighted by Gasteiger charge is 2.49. The molecule has 0 bridgehead atoms. The van der Waals surface area contributed by atoms with Crippen LogP contribution < -0.4 is 5.32 Å². The molecule has 7 heteroatoms. The number of nitrogens with one attached hydrogen (secondary N) is 1. The van der Waals surface area contributed by atoms with Gasteiger partial charge in [0.25, 0.3) is 0 Å². The van der Waals surface area contributed by atoms with E-state index < -0.39 is 18.3 Å². The molecule has 0 unspecified atom stereocenters. The number of amides is 1. The van der Waals surface area contributed by atoms with Gasteiger partial charge in [0.1, 0.15) is 0 Å². The van der Waals surface area contributed by atoms with Gasteiger partial charge in [-0.3, -0.25) is 4.79 Å². The number of hydrogen-bond acceptors (Lipinski definition) is 1. The largest absolute Gasteiger partial charge is 0.383 e. The van der Waals surface area contributed by atoms with E-state index >= 15 is 0 Å². The number of carbonyl (C=O) groups is 1. The van der Waals surface area contributed by atoms with Crippen molar-refractivity contribution in [2.45, 2.75) is 19.3 Å². The van der Waals surface area contributed by atoms with E-state index in [0.29, 0.717) is 10.0 Å². The summed E-state index contributed by atoms with van der Waals surface area (Å²) in [6.45, 7) is 1.56. The summed E-state index contributed by atoms with van der Waals surface area (Å²) < 4.78 is 49.8. The minimum absolute atomic E-state index is 0.0599. The number of aryl methyl sites for hydroxylation is 1. The van der Waals surface area contributed by atoms with Crippen LogP contribution in [0.15, 0.2) is 22.7 Å². The first-order valence-corrected chi connectivity index (χ1v) is 5.28. The fourth-order valence-corrected chi connectivity index (χ4v) is 1.39. The first kappa shape index (κ1) is 14.0. The molecule has 0 aliphatic carbocycles. The summed E-state index contributed by atoms with van der Waals surface area (Å²) in [5.41, 5.74) is 0.552. The van der Waals surface area contributed by atoms with E-state index in [4.69, 9.17) is 0 Å². The van der Waals surface area contributed by atoms with E-state index in [0.717, 1.165) is 0 Å². The van der Waals surface area contributed by atoms with Crippen LogP contribution in [-0.2, 0) is 4.79 Å². The Labute approximate surface area is 103 Å². The van der Waals surface area contributed by atoms with Gasteiger partial charge in [0.05, 0.1) is 0 Å². The zero-order valence-corrected chi connectivity index (χ0v) is 10.2.